The van der Waals surface area contributed by atoms with E-state index < -0.39 is 0 Å². The predicted octanol–water partition coefficient (Wildman–Crippen LogP) is 19.7. The summed E-state index contributed by atoms with van der Waals surface area (Å²) < 4.78 is 0. The molecule has 8 heterocycles. The van der Waals surface area contributed by atoms with Crippen LogP contribution < -0.4 is 60.3 Å². The zero-order valence-electron chi connectivity index (χ0n) is 55.4. The fourth-order valence-corrected chi connectivity index (χ4v) is 19.0. The van der Waals surface area contributed by atoms with Gasteiger partial charge in [-0.15, -0.1) is 0 Å². The normalized spacial score (nSPS) is 14.4. The lowest BCUT2D eigenvalue weighted by atomic mass is 9.45. The zero-order chi connectivity index (χ0) is 66.4. The van der Waals surface area contributed by atoms with Crippen LogP contribution in [0.5, 0.6) is 0 Å². The molecule has 23 rings (SSSR count). The highest BCUT2D eigenvalue weighted by atomic mass is 15.3. The summed E-state index contributed by atoms with van der Waals surface area (Å²) in [5.41, 5.74) is 38.3. The molecular formula is C90H58B4N8. The van der Waals surface area contributed by atoms with Gasteiger partial charge in [-0.25, -0.2) is 0 Å². The smallest absolute Gasteiger partial charge is 0.361 e. The molecule has 15 aromatic carbocycles. The van der Waals surface area contributed by atoms with Crippen molar-refractivity contribution in [2.24, 2.45) is 0 Å². The van der Waals surface area contributed by atoms with Gasteiger partial charge in [-0.1, -0.05) is 194 Å². The van der Waals surface area contributed by atoms with Crippen molar-refractivity contribution in [2.45, 2.75) is 0 Å². The van der Waals surface area contributed by atoms with E-state index in [4.69, 9.17) is 0 Å². The molecule has 8 nitrogen and oxygen atoms in total. The third kappa shape index (κ3) is 7.49. The van der Waals surface area contributed by atoms with Crippen LogP contribution in [-0.2, 0) is 0 Å². The molecule has 0 atom stereocenters. The van der Waals surface area contributed by atoms with E-state index in [1.807, 2.05) is 0 Å². The van der Waals surface area contributed by atoms with Crippen molar-refractivity contribution in [3.63, 3.8) is 0 Å². The largest absolute Gasteiger partial charge is 0.421 e. The fraction of sp³-hybridized carbons (Fsp3) is 0. The average molecular weight is 1290 g/mol. The number of nitrogens with zero attached hydrogens (tertiary/aromatic N) is 8. The van der Waals surface area contributed by atoms with Crippen LogP contribution in [0.1, 0.15) is 0 Å². The van der Waals surface area contributed by atoms with Crippen LogP contribution in [0, 0.1) is 0 Å². The van der Waals surface area contributed by atoms with Gasteiger partial charge < -0.3 is 38.5 Å². The molecule has 0 amide bonds. The van der Waals surface area contributed by atoms with Gasteiger partial charge in [0.15, 0.2) is 0 Å². The summed E-state index contributed by atoms with van der Waals surface area (Å²) in [6.07, 6.45) is 0. The summed E-state index contributed by atoms with van der Waals surface area (Å²) in [7, 11) is 0. The van der Waals surface area contributed by atoms with Crippen molar-refractivity contribution < 1.29 is 0 Å². The summed E-state index contributed by atoms with van der Waals surface area (Å²) in [6.45, 7) is -1.28. The molecule has 470 valence electrons. The predicted molar refractivity (Wildman–Crippen MR) is 429 cm³/mol. The van der Waals surface area contributed by atoms with Gasteiger partial charge in [0.05, 0.1) is 0 Å². The van der Waals surface area contributed by atoms with Crippen molar-refractivity contribution in [3.8, 4) is 66.8 Å². The van der Waals surface area contributed by atoms with E-state index in [9.17, 15) is 0 Å². The molecule has 8 aliphatic rings. The molecule has 0 bridgehead atoms. The first-order valence-electron chi connectivity index (χ1n) is 35.5. The number of fused-ring (bicyclic) bond motifs is 8. The molecule has 0 fully saturated rings. The van der Waals surface area contributed by atoms with Gasteiger partial charge in [0.25, 0.3) is 0 Å². The molecule has 12 heteroatoms. The molecule has 0 spiro atoms. The third-order valence-corrected chi connectivity index (χ3v) is 22.8. The third-order valence-electron chi connectivity index (χ3n) is 22.8. The van der Waals surface area contributed by atoms with E-state index in [-0.39, 0.29) is 27.9 Å². The van der Waals surface area contributed by atoms with Gasteiger partial charge in [0.2, 0.25) is 0 Å². The number of hydrogen-bond donors (Lipinski definition) is 0. The van der Waals surface area contributed by atoms with Crippen molar-refractivity contribution in [1.29, 1.82) is 0 Å². The number of benzene rings is 15. The van der Waals surface area contributed by atoms with Gasteiger partial charge in [-0.2, -0.15) is 0 Å². The molecule has 15 aromatic rings. The van der Waals surface area contributed by atoms with Gasteiger partial charge >= 0.3 is 27.9 Å². The lowest BCUT2D eigenvalue weighted by Crippen LogP contribution is -2.68. The first-order valence-corrected chi connectivity index (χ1v) is 35.5. The Kier molecular flexibility index (Phi) is 11.6. The van der Waals surface area contributed by atoms with Crippen molar-refractivity contribution >= 4 is 141 Å². The Morgan fingerprint density at radius 3 is 0.598 bits per heavy atom. The summed E-state index contributed by atoms with van der Waals surface area (Å²) in [4.78, 5) is 21.3. The Balaban J connectivity index is 0.888. The van der Waals surface area contributed by atoms with Crippen LogP contribution in [0.3, 0.4) is 0 Å². The van der Waals surface area contributed by atoms with Crippen molar-refractivity contribution in [2.75, 3.05) is 38.5 Å². The molecule has 8 aliphatic heterocycles. The molecular weight excluding hydrogens is 1240 g/mol. The molecule has 0 aliphatic carbocycles. The first-order chi connectivity index (χ1) is 50.7. The minimum atomic E-state index is -0.364. The standard InChI is InChI=1S/C90H58B4N8/c1-9-31-59(32-10-1)95-75-49-27-25-47-67(75)71-56-73-69-55-70-74-57-72-68-48-26-28-50-76(68)96(60-33-11-2-12-34-60)92-88(72)86-84-78(98(92)62-37-15-4-16-38-62)52-30-54-80(84)100(64-41-19-6-20-42-64)94(90(74)86)102(66-45-23-8-24-46-66)82(70)58-81(69)101(65-43-21-7-22-44-65)93-89(73)85-83-77(97(91(95)87(71)85)61-35-13-3-14-36-61)51-29-53-79(83)99(93)63-39-17-5-18-40-63/h1-58H. The minimum Gasteiger partial charge on any atom is -0.361 e. The second-order valence-corrected chi connectivity index (χ2v) is 27.8. The van der Waals surface area contributed by atoms with Crippen LogP contribution in [0.4, 0.5) is 91.0 Å². The molecule has 0 aromatic heterocycles. The highest BCUT2D eigenvalue weighted by Crippen LogP contribution is 2.62. The summed E-state index contributed by atoms with van der Waals surface area (Å²) >= 11 is 0. The number of hydrogen-bond acceptors (Lipinski definition) is 8. The highest BCUT2D eigenvalue weighted by Gasteiger charge is 2.59. The minimum absolute atomic E-state index is 0.276. The van der Waals surface area contributed by atoms with E-state index in [2.05, 4.69) is 390 Å². The molecule has 0 N–H and O–H groups in total. The summed E-state index contributed by atoms with van der Waals surface area (Å²) in [5.74, 6) is 0. The van der Waals surface area contributed by atoms with Crippen LogP contribution in [0.15, 0.2) is 352 Å². The van der Waals surface area contributed by atoms with E-state index in [1.165, 1.54) is 111 Å². The topological polar surface area (TPSA) is 25.9 Å². The molecule has 0 radical (unpaired) electrons. The van der Waals surface area contributed by atoms with Crippen molar-refractivity contribution in [3.05, 3.63) is 352 Å². The van der Waals surface area contributed by atoms with E-state index in [1.54, 1.807) is 0 Å². The lowest BCUT2D eigenvalue weighted by Gasteiger charge is -2.55. The Labute approximate surface area is 594 Å². The highest BCUT2D eigenvalue weighted by molar-refractivity contribution is 6.93. The maximum absolute atomic E-state index is 2.71. The van der Waals surface area contributed by atoms with Gasteiger partial charge in [-0.05, 0) is 213 Å². The van der Waals surface area contributed by atoms with Crippen LogP contribution in [0.25, 0.3) is 66.8 Å². The Bertz CT molecular complexity index is 5620. The average Bonchev–Trinajstić information content (AvgIpc) is 0.667. The Hall–Kier alpha value is -13.0. The first kappa shape index (κ1) is 55.9. The van der Waals surface area contributed by atoms with E-state index in [0.717, 1.165) is 68.2 Å². The van der Waals surface area contributed by atoms with Gasteiger partial charge in [0, 0.05) is 124 Å². The SMILES string of the molecule is c1ccc(N2B3c4c(cc5c6c4-c4c(cccc4N(c4ccccc4)B6N(c4ccccc4)c4cc6c(cc4-5)-c4cc5c7c8c4B(N6c4ccccc4)N(c4ccccc4)c4cccc(c4-8)N(c4ccccc4)B7N(c4ccccc4)c4ccccc4-5)N3c3ccccc3)-c3ccccc32)cc1. The number of para-hydroxylation sites is 10. The number of anilines is 16. The Morgan fingerprint density at radius 2 is 0.333 bits per heavy atom. The second-order valence-electron chi connectivity index (χ2n) is 27.8. The van der Waals surface area contributed by atoms with Gasteiger partial charge in [-0.3, -0.25) is 0 Å². The van der Waals surface area contributed by atoms with E-state index in [0.29, 0.717) is 0 Å². The molecule has 102 heavy (non-hydrogen) atoms. The van der Waals surface area contributed by atoms with Gasteiger partial charge in [0.1, 0.15) is 0 Å². The monoisotopic (exact) mass is 1290 g/mol. The van der Waals surface area contributed by atoms with E-state index >= 15 is 0 Å². The van der Waals surface area contributed by atoms with Crippen molar-refractivity contribution in [1.82, 2.24) is 0 Å². The molecule has 0 saturated carbocycles. The Morgan fingerprint density at radius 1 is 0.137 bits per heavy atom. The quantitative estimate of drug-likeness (QED) is 0.139. The lowest BCUT2D eigenvalue weighted by molar-refractivity contribution is 1.22. The maximum Gasteiger partial charge on any atom is 0.421 e. The second kappa shape index (κ2) is 21.2. The summed E-state index contributed by atoms with van der Waals surface area (Å²) in [5, 5.41) is 0. The maximum atomic E-state index is 2.71. The fourth-order valence-electron chi connectivity index (χ4n) is 19.0. The molecule has 0 unspecified atom stereocenters. The molecule has 0 saturated heterocycles. The number of rotatable bonds is 8. The zero-order valence-corrected chi connectivity index (χ0v) is 55.4. The van der Waals surface area contributed by atoms with Crippen LogP contribution in [-0.4, -0.2) is 27.9 Å². The van der Waals surface area contributed by atoms with Crippen LogP contribution >= 0.6 is 0 Å². The summed E-state index contributed by atoms with van der Waals surface area (Å²) in [6, 6.07) is 132. The van der Waals surface area contributed by atoms with Crippen LogP contribution in [0.2, 0.25) is 0 Å².